The maximum absolute atomic E-state index is 13.1. The molecule has 1 atom stereocenters. The number of hydrogen-bond donors (Lipinski definition) is 1. The highest BCUT2D eigenvalue weighted by Gasteiger charge is 2.20. The van der Waals surface area contributed by atoms with E-state index in [4.69, 9.17) is 4.74 Å². The van der Waals surface area contributed by atoms with Gasteiger partial charge in [-0.05, 0) is 31.2 Å². The fourth-order valence-corrected chi connectivity index (χ4v) is 3.22. The van der Waals surface area contributed by atoms with E-state index in [0.29, 0.717) is 28.0 Å². The lowest BCUT2D eigenvalue weighted by Crippen LogP contribution is -2.23. The van der Waals surface area contributed by atoms with E-state index in [9.17, 15) is 14.1 Å². The number of anilines is 1. The smallest absolute Gasteiger partial charge is 0.344 e. The van der Waals surface area contributed by atoms with Gasteiger partial charge in [0.1, 0.15) is 6.26 Å². The van der Waals surface area contributed by atoms with Crippen molar-refractivity contribution in [1.82, 2.24) is 14.5 Å². The number of aryl methyl sites for hydroxylation is 1. The zero-order chi connectivity index (χ0) is 20.4. The zero-order valence-electron chi connectivity index (χ0n) is 15.6. The van der Waals surface area contributed by atoms with Crippen molar-refractivity contribution >= 4 is 33.8 Å². The molecule has 0 aliphatic heterocycles. The van der Waals surface area contributed by atoms with E-state index in [2.05, 4.69) is 21.9 Å². The van der Waals surface area contributed by atoms with Crippen LogP contribution in [0.5, 0.6) is 5.75 Å². The Morgan fingerprint density at radius 1 is 1.43 bits per heavy atom. The van der Waals surface area contributed by atoms with Gasteiger partial charge in [0.2, 0.25) is 5.91 Å². The maximum Gasteiger partial charge on any atom is 0.344 e. The summed E-state index contributed by atoms with van der Waals surface area (Å²) in [6.07, 6.45) is 4.14. The third-order valence-electron chi connectivity index (χ3n) is 4.12. The van der Waals surface area contributed by atoms with Crippen molar-refractivity contribution in [3.8, 4) is 11.4 Å². The number of ether oxygens (including phenoxy) is 1. The molecule has 0 radical (unpaired) electrons. The Hall–Kier alpha value is -3.17. The fourth-order valence-electron chi connectivity index (χ4n) is 2.81. The van der Waals surface area contributed by atoms with E-state index in [1.165, 1.54) is 24.1 Å². The third kappa shape index (κ3) is 3.49. The largest absolute Gasteiger partial charge is 0.609 e. The number of fused-ring (bicyclic) bond motifs is 1. The van der Waals surface area contributed by atoms with Crippen LogP contribution in [0, 0.1) is 6.92 Å². The second-order valence-electron chi connectivity index (χ2n) is 5.89. The van der Waals surface area contributed by atoms with Crippen molar-refractivity contribution in [1.29, 1.82) is 0 Å². The van der Waals surface area contributed by atoms with Crippen LogP contribution in [0.25, 0.3) is 16.7 Å². The van der Waals surface area contributed by atoms with Crippen molar-refractivity contribution in [3.63, 3.8) is 0 Å². The molecule has 2 aromatic heterocycles. The number of methoxy groups -OCH3 is 1. The molecule has 2 heterocycles. The predicted molar refractivity (Wildman–Crippen MR) is 108 cm³/mol. The molecule has 0 saturated heterocycles. The van der Waals surface area contributed by atoms with Gasteiger partial charge in [0.15, 0.2) is 11.4 Å². The highest BCUT2D eigenvalue weighted by molar-refractivity contribution is 7.90. The summed E-state index contributed by atoms with van der Waals surface area (Å²) in [5, 5.41) is 3.36. The van der Waals surface area contributed by atoms with Crippen molar-refractivity contribution < 1.29 is 14.1 Å². The maximum atomic E-state index is 13.1. The number of carbonyl (C=O) groups excluding carboxylic acids is 1. The van der Waals surface area contributed by atoms with Gasteiger partial charge >= 0.3 is 5.16 Å². The molecule has 0 bridgehead atoms. The summed E-state index contributed by atoms with van der Waals surface area (Å²) >= 11 is -1.42. The number of rotatable bonds is 5. The van der Waals surface area contributed by atoms with Gasteiger partial charge in [-0.25, -0.2) is 0 Å². The van der Waals surface area contributed by atoms with Crippen molar-refractivity contribution in [3.05, 3.63) is 59.0 Å². The molecule has 0 spiro atoms. The summed E-state index contributed by atoms with van der Waals surface area (Å²) in [4.78, 5) is 33.2. The number of pyridine rings is 1. The minimum Gasteiger partial charge on any atom is -0.609 e. The molecule has 0 aliphatic rings. The van der Waals surface area contributed by atoms with Crippen molar-refractivity contribution in [2.45, 2.75) is 12.1 Å². The van der Waals surface area contributed by atoms with Crippen LogP contribution in [0.2, 0.25) is 0 Å². The van der Waals surface area contributed by atoms with Crippen LogP contribution >= 0.6 is 0 Å². The Balaban J connectivity index is 2.34. The molecule has 0 fully saturated rings. The molecular formula is C19H18N4O4S. The highest BCUT2D eigenvalue weighted by Crippen LogP contribution is 2.26. The van der Waals surface area contributed by atoms with Gasteiger partial charge in [-0.1, -0.05) is 12.6 Å². The number of nitrogens with zero attached hydrogens (tertiary/aromatic N) is 3. The lowest BCUT2D eigenvalue weighted by Gasteiger charge is -2.15. The predicted octanol–water partition coefficient (Wildman–Crippen LogP) is 1.96. The summed E-state index contributed by atoms with van der Waals surface area (Å²) in [6, 6.07) is 6.70. The summed E-state index contributed by atoms with van der Waals surface area (Å²) in [6.45, 7) is 5.16. The monoisotopic (exact) mass is 398 g/mol. The van der Waals surface area contributed by atoms with Crippen LogP contribution in [0.4, 0.5) is 5.69 Å². The van der Waals surface area contributed by atoms with E-state index >= 15 is 0 Å². The third-order valence-corrected chi connectivity index (χ3v) is 4.83. The topological polar surface area (TPSA) is 109 Å². The SMILES string of the molecule is C=CC(=O)Nc1cccc(-n2c(=O)c(OC)c(C)c3cnc([S+](C)[O-])nc32)c1. The first-order valence-electron chi connectivity index (χ1n) is 8.21. The summed E-state index contributed by atoms with van der Waals surface area (Å²) in [5.74, 6) is -0.219. The Labute approximate surface area is 164 Å². The standard InChI is InChI=1S/C19H18N4O4S/c1-5-15(24)21-12-7-6-8-13(9-12)23-17-14(10-20-19(22-17)28(4)26)11(2)16(27-3)18(23)25/h5-10H,1H2,2-4H3,(H,21,24). The first-order valence-corrected chi connectivity index (χ1v) is 9.76. The van der Waals surface area contributed by atoms with Crippen LogP contribution in [0.3, 0.4) is 0 Å². The summed E-state index contributed by atoms with van der Waals surface area (Å²) < 4.78 is 18.5. The van der Waals surface area contributed by atoms with E-state index < -0.39 is 16.7 Å². The average Bonchev–Trinajstić information content (AvgIpc) is 2.68. The van der Waals surface area contributed by atoms with Crippen molar-refractivity contribution in [2.24, 2.45) is 0 Å². The Kier molecular flexibility index (Phi) is 5.48. The van der Waals surface area contributed by atoms with Crippen LogP contribution in [-0.2, 0) is 16.0 Å². The van der Waals surface area contributed by atoms with Crippen LogP contribution < -0.4 is 15.6 Å². The molecule has 3 aromatic rings. The number of aromatic nitrogens is 3. The van der Waals surface area contributed by atoms with E-state index in [1.54, 1.807) is 31.2 Å². The number of nitrogens with one attached hydrogen (secondary N) is 1. The number of benzene rings is 1. The average molecular weight is 398 g/mol. The quantitative estimate of drug-likeness (QED) is 0.400. The second-order valence-corrected chi connectivity index (χ2v) is 7.16. The molecule has 1 amide bonds. The number of hydrogen-bond acceptors (Lipinski definition) is 6. The van der Waals surface area contributed by atoms with Crippen LogP contribution in [-0.4, -0.2) is 38.4 Å². The van der Waals surface area contributed by atoms with Gasteiger partial charge in [-0.3, -0.25) is 14.2 Å². The van der Waals surface area contributed by atoms with E-state index in [1.807, 2.05) is 0 Å². The molecule has 144 valence electrons. The lowest BCUT2D eigenvalue weighted by molar-refractivity contribution is -0.111. The minimum atomic E-state index is -1.42. The molecule has 1 N–H and O–H groups in total. The summed E-state index contributed by atoms with van der Waals surface area (Å²) in [7, 11) is 1.41. The van der Waals surface area contributed by atoms with E-state index in [-0.39, 0.29) is 16.8 Å². The second kappa shape index (κ2) is 7.83. The van der Waals surface area contributed by atoms with Gasteiger partial charge in [-0.15, -0.1) is 0 Å². The molecule has 0 saturated carbocycles. The molecule has 28 heavy (non-hydrogen) atoms. The molecule has 3 rings (SSSR count). The normalized spacial score (nSPS) is 11.9. The Bertz CT molecular complexity index is 1140. The van der Waals surface area contributed by atoms with E-state index in [0.717, 1.165) is 6.08 Å². The summed E-state index contributed by atoms with van der Waals surface area (Å²) in [5.41, 5.74) is 1.40. The number of amides is 1. The molecule has 9 heteroatoms. The molecule has 1 aromatic carbocycles. The Morgan fingerprint density at radius 2 is 2.18 bits per heavy atom. The first-order chi connectivity index (χ1) is 13.4. The number of carbonyl (C=O) groups is 1. The van der Waals surface area contributed by atoms with Gasteiger partial charge in [-0.2, -0.15) is 9.97 Å². The fraction of sp³-hybridized carbons (Fsp3) is 0.158. The highest BCUT2D eigenvalue weighted by atomic mass is 32.2. The van der Waals surface area contributed by atoms with Crippen molar-refractivity contribution in [2.75, 3.05) is 18.7 Å². The van der Waals surface area contributed by atoms with Gasteiger partial charge in [0.25, 0.3) is 5.56 Å². The molecule has 8 nitrogen and oxygen atoms in total. The van der Waals surface area contributed by atoms with Crippen LogP contribution in [0.1, 0.15) is 5.56 Å². The minimum absolute atomic E-state index is 0.112. The zero-order valence-corrected chi connectivity index (χ0v) is 16.4. The molecular weight excluding hydrogens is 380 g/mol. The first kappa shape index (κ1) is 19.6. The van der Waals surface area contributed by atoms with Crippen LogP contribution in [0.15, 0.2) is 53.1 Å². The lowest BCUT2D eigenvalue weighted by atomic mass is 10.1. The van der Waals surface area contributed by atoms with Gasteiger partial charge in [0.05, 0.1) is 12.8 Å². The Morgan fingerprint density at radius 3 is 2.82 bits per heavy atom. The molecule has 1 unspecified atom stereocenters. The van der Waals surface area contributed by atoms with Gasteiger partial charge < -0.3 is 14.6 Å². The van der Waals surface area contributed by atoms with Gasteiger partial charge in [0, 0.05) is 34.0 Å². The molecule has 0 aliphatic carbocycles.